The summed E-state index contributed by atoms with van der Waals surface area (Å²) in [4.78, 5) is 3.97. The van der Waals surface area contributed by atoms with Crippen LogP contribution in [0.2, 0.25) is 0 Å². The van der Waals surface area contributed by atoms with Crippen molar-refractivity contribution in [1.29, 1.82) is 0 Å². The molecule has 0 atom stereocenters. The highest BCUT2D eigenvalue weighted by Gasteiger charge is 2.12. The van der Waals surface area contributed by atoms with Crippen molar-refractivity contribution in [3.05, 3.63) is 30.1 Å². The maximum Gasteiger partial charge on any atom is 0.484 e. The smallest absolute Gasteiger partial charge is 0.376 e. The summed E-state index contributed by atoms with van der Waals surface area (Å²) in [5, 5.41) is 0. The Morgan fingerprint density at radius 1 is 1.06 bits per heavy atom. The van der Waals surface area contributed by atoms with E-state index < -0.39 is 9.53 Å². The molecule has 5 heteroatoms. The van der Waals surface area contributed by atoms with Gasteiger partial charge in [0.15, 0.2) is 0 Å². The number of aromatic nitrogens is 1. The summed E-state index contributed by atoms with van der Waals surface area (Å²) in [6, 6.07) is 3.97. The molecule has 0 bridgehead atoms. The Morgan fingerprint density at radius 3 is 2.25 bits per heavy atom. The zero-order chi connectivity index (χ0) is 11.6. The SMILES string of the molecule is CCO[SiH](OCC)OCCc1ccncc1. The van der Waals surface area contributed by atoms with Gasteiger partial charge in [-0.25, -0.2) is 0 Å². The van der Waals surface area contributed by atoms with E-state index in [0.29, 0.717) is 19.8 Å². The number of nitrogens with zero attached hydrogens (tertiary/aromatic N) is 1. The van der Waals surface area contributed by atoms with Crippen molar-refractivity contribution < 1.29 is 13.3 Å². The van der Waals surface area contributed by atoms with Crippen LogP contribution >= 0.6 is 0 Å². The van der Waals surface area contributed by atoms with Gasteiger partial charge < -0.3 is 13.3 Å². The third-order valence-electron chi connectivity index (χ3n) is 2.00. The number of pyridine rings is 1. The second kappa shape index (κ2) is 8.40. The van der Waals surface area contributed by atoms with Crippen molar-refractivity contribution in [3.8, 4) is 0 Å². The van der Waals surface area contributed by atoms with Gasteiger partial charge in [0.25, 0.3) is 0 Å². The van der Waals surface area contributed by atoms with Crippen molar-refractivity contribution in [3.63, 3.8) is 0 Å². The predicted octanol–water partition coefficient (Wildman–Crippen LogP) is 1.43. The van der Waals surface area contributed by atoms with Crippen LogP contribution in [0, 0.1) is 0 Å². The van der Waals surface area contributed by atoms with Gasteiger partial charge in [0.2, 0.25) is 0 Å². The van der Waals surface area contributed by atoms with E-state index in [-0.39, 0.29) is 0 Å². The standard InChI is InChI=1S/C11H19NO3Si/c1-3-13-16(14-4-2)15-10-7-11-5-8-12-9-6-11/h5-6,8-9,16H,3-4,7,10H2,1-2H3. The molecule has 0 fully saturated rings. The molecule has 0 aliphatic heterocycles. The van der Waals surface area contributed by atoms with Crippen LogP contribution in [0.25, 0.3) is 0 Å². The average molecular weight is 241 g/mol. The van der Waals surface area contributed by atoms with Gasteiger partial charge in [-0.3, -0.25) is 4.98 Å². The maximum absolute atomic E-state index is 5.60. The molecular weight excluding hydrogens is 222 g/mol. The monoisotopic (exact) mass is 241 g/mol. The van der Waals surface area contributed by atoms with Gasteiger partial charge >= 0.3 is 9.53 Å². The van der Waals surface area contributed by atoms with Gasteiger partial charge in [-0.15, -0.1) is 0 Å². The van der Waals surface area contributed by atoms with Crippen LogP contribution in [-0.2, 0) is 19.7 Å². The Hall–Kier alpha value is -0.753. The molecule has 16 heavy (non-hydrogen) atoms. The van der Waals surface area contributed by atoms with Crippen LogP contribution in [-0.4, -0.2) is 34.3 Å². The Labute approximate surface area is 98.5 Å². The summed E-state index contributed by atoms with van der Waals surface area (Å²) < 4.78 is 16.4. The van der Waals surface area contributed by atoms with E-state index in [1.165, 1.54) is 5.56 Å². The molecular formula is C11H19NO3Si. The minimum absolute atomic E-state index is 0.640. The highest BCUT2D eigenvalue weighted by Crippen LogP contribution is 2.00. The fourth-order valence-electron chi connectivity index (χ4n) is 1.24. The maximum atomic E-state index is 5.60. The summed E-state index contributed by atoms with van der Waals surface area (Å²) in [7, 11) is -1.89. The lowest BCUT2D eigenvalue weighted by atomic mass is 10.2. The molecule has 0 spiro atoms. The Kier molecular flexibility index (Phi) is 6.99. The third-order valence-corrected chi connectivity index (χ3v) is 3.72. The average Bonchev–Trinajstić information content (AvgIpc) is 2.31. The topological polar surface area (TPSA) is 40.6 Å². The molecule has 1 heterocycles. The highest BCUT2D eigenvalue weighted by atomic mass is 28.3. The molecule has 0 radical (unpaired) electrons. The number of rotatable bonds is 8. The molecule has 0 aromatic carbocycles. The summed E-state index contributed by atoms with van der Waals surface area (Å²) in [5.41, 5.74) is 1.22. The molecule has 0 saturated heterocycles. The lowest BCUT2D eigenvalue weighted by molar-refractivity contribution is 0.103. The lowest BCUT2D eigenvalue weighted by Gasteiger charge is -2.14. The largest absolute Gasteiger partial charge is 0.484 e. The second-order valence-electron chi connectivity index (χ2n) is 3.18. The van der Waals surface area contributed by atoms with Crippen LogP contribution in [0.1, 0.15) is 19.4 Å². The Bertz CT molecular complexity index is 265. The summed E-state index contributed by atoms with van der Waals surface area (Å²) >= 11 is 0. The fourth-order valence-corrected chi connectivity index (χ4v) is 2.38. The van der Waals surface area contributed by atoms with Gasteiger partial charge in [0, 0.05) is 32.2 Å². The first-order chi connectivity index (χ1) is 7.86. The van der Waals surface area contributed by atoms with Gasteiger partial charge in [-0.1, -0.05) is 0 Å². The summed E-state index contributed by atoms with van der Waals surface area (Å²) in [5.74, 6) is 0. The molecule has 0 aliphatic carbocycles. The van der Waals surface area contributed by atoms with Gasteiger partial charge in [-0.05, 0) is 38.0 Å². The zero-order valence-electron chi connectivity index (χ0n) is 9.89. The third kappa shape index (κ3) is 5.36. The van der Waals surface area contributed by atoms with Gasteiger partial charge in [0.05, 0.1) is 0 Å². The molecule has 0 saturated carbocycles. The Morgan fingerprint density at radius 2 is 1.69 bits per heavy atom. The molecule has 0 aliphatic rings. The second-order valence-corrected chi connectivity index (χ2v) is 4.75. The van der Waals surface area contributed by atoms with Crippen molar-refractivity contribution in [2.75, 3.05) is 19.8 Å². The van der Waals surface area contributed by atoms with E-state index in [4.69, 9.17) is 13.3 Å². The Balaban J connectivity index is 2.22. The number of hydrogen-bond donors (Lipinski definition) is 0. The zero-order valence-corrected chi connectivity index (χ0v) is 11.0. The number of hydrogen-bond acceptors (Lipinski definition) is 4. The molecule has 0 N–H and O–H groups in total. The van der Waals surface area contributed by atoms with E-state index in [0.717, 1.165) is 6.42 Å². The van der Waals surface area contributed by atoms with Crippen LogP contribution in [0.3, 0.4) is 0 Å². The van der Waals surface area contributed by atoms with Crippen molar-refractivity contribution in [1.82, 2.24) is 4.98 Å². The molecule has 90 valence electrons. The van der Waals surface area contributed by atoms with E-state index in [1.54, 1.807) is 12.4 Å². The van der Waals surface area contributed by atoms with E-state index in [2.05, 4.69) is 4.98 Å². The normalized spacial score (nSPS) is 10.9. The summed E-state index contributed by atoms with van der Waals surface area (Å²) in [6.45, 7) is 5.83. The van der Waals surface area contributed by atoms with Crippen molar-refractivity contribution in [2.24, 2.45) is 0 Å². The van der Waals surface area contributed by atoms with Gasteiger partial charge in [-0.2, -0.15) is 0 Å². The molecule has 4 nitrogen and oxygen atoms in total. The first-order valence-corrected chi connectivity index (χ1v) is 7.02. The first kappa shape index (κ1) is 13.3. The van der Waals surface area contributed by atoms with E-state index in [9.17, 15) is 0 Å². The van der Waals surface area contributed by atoms with Crippen LogP contribution in [0.5, 0.6) is 0 Å². The molecule has 1 aromatic rings. The van der Waals surface area contributed by atoms with Crippen LogP contribution in [0.4, 0.5) is 0 Å². The summed E-state index contributed by atoms with van der Waals surface area (Å²) in [6.07, 6.45) is 4.44. The quantitative estimate of drug-likeness (QED) is 0.646. The first-order valence-electron chi connectivity index (χ1n) is 5.60. The minimum atomic E-state index is -1.89. The lowest BCUT2D eigenvalue weighted by Crippen LogP contribution is -2.28. The van der Waals surface area contributed by atoms with E-state index in [1.807, 2.05) is 26.0 Å². The van der Waals surface area contributed by atoms with E-state index >= 15 is 0 Å². The van der Waals surface area contributed by atoms with Crippen molar-refractivity contribution in [2.45, 2.75) is 20.3 Å². The minimum Gasteiger partial charge on any atom is -0.376 e. The van der Waals surface area contributed by atoms with Crippen LogP contribution < -0.4 is 0 Å². The molecule has 1 rings (SSSR count). The predicted molar refractivity (Wildman–Crippen MR) is 64.3 cm³/mol. The molecule has 0 amide bonds. The molecule has 0 unspecified atom stereocenters. The van der Waals surface area contributed by atoms with Crippen molar-refractivity contribution >= 4 is 9.53 Å². The van der Waals surface area contributed by atoms with Crippen LogP contribution in [0.15, 0.2) is 24.5 Å². The van der Waals surface area contributed by atoms with Gasteiger partial charge in [0.1, 0.15) is 0 Å². The fraction of sp³-hybridized carbons (Fsp3) is 0.545. The molecule has 1 aromatic heterocycles. The highest BCUT2D eigenvalue weighted by molar-refractivity contribution is 6.36.